The Labute approximate surface area is 611 Å². The fourth-order valence-electron chi connectivity index (χ4n) is 14.8. The molecule has 8 nitrogen and oxygen atoms in total. The second-order valence-corrected chi connectivity index (χ2v) is 26.4. The fourth-order valence-corrected chi connectivity index (χ4v) is 14.8. The molecule has 6 aromatic heterocycles. The molecular weight excluding hydrogens is 1290 g/mol. The van der Waals surface area contributed by atoms with Gasteiger partial charge in [-0.1, -0.05) is 285 Å². The molecule has 0 atom stereocenters. The first-order valence-electron chi connectivity index (χ1n) is 35.5. The summed E-state index contributed by atoms with van der Waals surface area (Å²) in [6.07, 6.45) is 3.70. The Morgan fingerprint density at radius 2 is 0.509 bits per heavy atom. The highest BCUT2D eigenvalue weighted by atomic mass is 16.3. The molecule has 0 radical (unpaired) electrons. The van der Waals surface area contributed by atoms with Crippen LogP contribution in [0, 0.1) is 0 Å². The van der Waals surface area contributed by atoms with Crippen molar-refractivity contribution in [3.8, 4) is 135 Å². The van der Waals surface area contributed by atoms with Gasteiger partial charge in [0, 0.05) is 89.2 Å². The van der Waals surface area contributed by atoms with Crippen LogP contribution in [-0.2, 0) is 0 Å². The molecule has 0 aliphatic carbocycles. The maximum atomic E-state index is 6.65. The van der Waals surface area contributed by atoms with Gasteiger partial charge in [-0.15, -0.1) is 0 Å². The Balaban J connectivity index is 0.000000145. The highest BCUT2D eigenvalue weighted by molar-refractivity contribution is 6.23. The van der Waals surface area contributed by atoms with Gasteiger partial charge in [-0.25, -0.2) is 19.9 Å². The quantitative estimate of drug-likeness (QED) is 0.119. The van der Waals surface area contributed by atoms with Crippen LogP contribution >= 0.6 is 0 Å². The number of hydrogen-bond donors (Lipinski definition) is 0. The normalized spacial score (nSPS) is 11.4. The van der Waals surface area contributed by atoms with Crippen LogP contribution in [0.5, 0.6) is 0 Å². The molecule has 0 bridgehead atoms. The SMILES string of the molecule is c1ccc(-c2cc(-c3cccc(-c4cccc(-c5cccc6oc7c8ccccc8c(-c8ccccn8)cc7c56)c4)c3)nc(-c3ccccc3)n2)cc1.c1ccc(-c2cccc(-c3cc(-c4ccc(-c5cccc6oc7c8ccccc8c(-c8ccccn8)cc7c56)cc4)nc(-c4ccccc4)n3)c2)cc1. The molecule has 20 aromatic rings. The first-order chi connectivity index (χ1) is 52.5. The Morgan fingerprint density at radius 1 is 0.179 bits per heavy atom. The summed E-state index contributed by atoms with van der Waals surface area (Å²) in [6.45, 7) is 0. The summed E-state index contributed by atoms with van der Waals surface area (Å²) in [5.74, 6) is 1.40. The largest absolute Gasteiger partial charge is 0.455 e. The third-order valence-electron chi connectivity index (χ3n) is 19.9. The van der Waals surface area contributed by atoms with Crippen LogP contribution in [-0.4, -0.2) is 29.9 Å². The molecule has 6 heterocycles. The van der Waals surface area contributed by atoms with Gasteiger partial charge in [-0.2, -0.15) is 0 Å². The van der Waals surface area contributed by atoms with Crippen molar-refractivity contribution in [1.82, 2.24) is 29.9 Å². The Kier molecular flexibility index (Phi) is 16.1. The van der Waals surface area contributed by atoms with E-state index in [9.17, 15) is 0 Å². The molecule has 20 rings (SSSR count). The summed E-state index contributed by atoms with van der Waals surface area (Å²) < 4.78 is 13.3. The predicted molar refractivity (Wildman–Crippen MR) is 434 cm³/mol. The van der Waals surface area contributed by atoms with Crippen molar-refractivity contribution in [2.75, 3.05) is 0 Å². The number of furan rings is 2. The lowest BCUT2D eigenvalue weighted by Crippen LogP contribution is -1.96. The number of benzene rings is 14. The van der Waals surface area contributed by atoms with Crippen molar-refractivity contribution < 1.29 is 8.83 Å². The van der Waals surface area contributed by atoms with Gasteiger partial charge in [0.25, 0.3) is 0 Å². The zero-order chi connectivity index (χ0) is 70.3. The summed E-state index contributed by atoms with van der Waals surface area (Å²) in [5.41, 5.74) is 26.2. The minimum atomic E-state index is 0.692. The minimum absolute atomic E-state index is 0.692. The first kappa shape index (κ1) is 62.6. The van der Waals surface area contributed by atoms with E-state index >= 15 is 0 Å². The smallest absolute Gasteiger partial charge is 0.160 e. The molecule has 8 heteroatoms. The molecule has 0 aliphatic heterocycles. The Bertz CT molecular complexity index is 6610. The van der Waals surface area contributed by atoms with E-state index in [0.717, 1.165) is 183 Å². The van der Waals surface area contributed by atoms with E-state index in [4.69, 9.17) is 38.7 Å². The maximum absolute atomic E-state index is 6.65. The molecule has 0 saturated carbocycles. The standard InChI is InChI=1S/2C49H31N3O/c1-3-14-32(15-4-1)44-31-45(52-49(51-44)33-16-5-2-6-17-33)37-21-12-19-35(29-37)34-18-11-20-36(28-34)38-24-13-26-46-47(38)42-30-41(43-25-9-10-27-50-43)39-22-7-8-23-40(39)48(42)53-46;1-3-13-32(14-4-1)36-17-11-18-37(29-36)45-31-44(51-49(52-45)35-15-5-2-6-16-35)34-26-24-33(25-27-34)38-21-12-23-46-47(38)42-30-41(43-22-9-10-28-50-43)39-19-7-8-20-40(39)48(42)53-46/h2*1-31H. The summed E-state index contributed by atoms with van der Waals surface area (Å²) in [4.78, 5) is 29.7. The van der Waals surface area contributed by atoms with Crippen LogP contribution in [0.4, 0.5) is 0 Å². The molecule has 0 spiro atoms. The minimum Gasteiger partial charge on any atom is -0.455 e. The number of fused-ring (bicyclic) bond motifs is 10. The number of hydrogen-bond acceptors (Lipinski definition) is 8. The molecular formula is C98H62N6O2. The van der Waals surface area contributed by atoms with Crippen LogP contribution < -0.4 is 0 Å². The van der Waals surface area contributed by atoms with E-state index in [1.807, 2.05) is 97.3 Å². The van der Waals surface area contributed by atoms with Crippen molar-refractivity contribution in [1.29, 1.82) is 0 Å². The number of aromatic nitrogens is 6. The van der Waals surface area contributed by atoms with Crippen molar-refractivity contribution in [2.24, 2.45) is 0 Å². The molecule has 0 aliphatic rings. The second-order valence-electron chi connectivity index (χ2n) is 26.4. The van der Waals surface area contributed by atoms with Gasteiger partial charge in [0.05, 0.1) is 34.2 Å². The highest BCUT2D eigenvalue weighted by Gasteiger charge is 2.22. The van der Waals surface area contributed by atoms with Crippen LogP contribution in [0.15, 0.2) is 385 Å². The van der Waals surface area contributed by atoms with Gasteiger partial charge < -0.3 is 8.83 Å². The van der Waals surface area contributed by atoms with E-state index < -0.39 is 0 Å². The van der Waals surface area contributed by atoms with Crippen LogP contribution in [0.25, 0.3) is 200 Å². The summed E-state index contributed by atoms with van der Waals surface area (Å²) in [5, 5.41) is 8.73. The molecule has 0 saturated heterocycles. The van der Waals surface area contributed by atoms with Crippen molar-refractivity contribution in [3.63, 3.8) is 0 Å². The summed E-state index contributed by atoms with van der Waals surface area (Å²) >= 11 is 0. The highest BCUT2D eigenvalue weighted by Crippen LogP contribution is 2.46. The van der Waals surface area contributed by atoms with E-state index in [1.54, 1.807) is 0 Å². The third-order valence-corrected chi connectivity index (χ3v) is 19.9. The van der Waals surface area contributed by atoms with E-state index in [2.05, 4.69) is 279 Å². The molecule has 0 N–H and O–H groups in total. The lowest BCUT2D eigenvalue weighted by Gasteiger charge is -2.11. The lowest BCUT2D eigenvalue weighted by atomic mass is 9.93. The average Bonchev–Trinajstić information content (AvgIpc) is 1.58. The van der Waals surface area contributed by atoms with Gasteiger partial charge >= 0.3 is 0 Å². The molecule has 0 amide bonds. The summed E-state index contributed by atoms with van der Waals surface area (Å²) in [7, 11) is 0. The topological polar surface area (TPSA) is 104 Å². The Morgan fingerprint density at radius 3 is 0.962 bits per heavy atom. The van der Waals surface area contributed by atoms with Crippen molar-refractivity contribution >= 4 is 65.4 Å². The number of nitrogens with zero attached hydrogens (tertiary/aromatic N) is 6. The van der Waals surface area contributed by atoms with Crippen LogP contribution in [0.3, 0.4) is 0 Å². The lowest BCUT2D eigenvalue weighted by molar-refractivity contribution is 0.672. The maximum Gasteiger partial charge on any atom is 0.160 e. The zero-order valence-corrected chi connectivity index (χ0v) is 57.3. The van der Waals surface area contributed by atoms with Gasteiger partial charge in [-0.05, 0) is 134 Å². The van der Waals surface area contributed by atoms with Gasteiger partial charge in [0.1, 0.15) is 22.3 Å². The second kappa shape index (κ2) is 27.2. The summed E-state index contributed by atoms with van der Waals surface area (Å²) in [6, 6.07) is 126. The zero-order valence-electron chi connectivity index (χ0n) is 57.3. The molecule has 0 fully saturated rings. The van der Waals surface area contributed by atoms with E-state index in [-0.39, 0.29) is 0 Å². The average molecular weight is 1360 g/mol. The number of rotatable bonds is 12. The predicted octanol–water partition coefficient (Wildman–Crippen LogP) is 25.9. The van der Waals surface area contributed by atoms with Crippen LogP contribution in [0.1, 0.15) is 0 Å². The molecule has 14 aromatic carbocycles. The molecule has 106 heavy (non-hydrogen) atoms. The van der Waals surface area contributed by atoms with Gasteiger partial charge in [-0.3, -0.25) is 9.97 Å². The van der Waals surface area contributed by atoms with Crippen molar-refractivity contribution in [2.45, 2.75) is 0 Å². The van der Waals surface area contributed by atoms with Crippen LogP contribution in [0.2, 0.25) is 0 Å². The first-order valence-corrected chi connectivity index (χ1v) is 35.5. The van der Waals surface area contributed by atoms with Crippen molar-refractivity contribution in [3.05, 3.63) is 376 Å². The monoisotopic (exact) mass is 1350 g/mol. The molecule has 0 unspecified atom stereocenters. The fraction of sp³-hybridized carbons (Fsp3) is 0. The third kappa shape index (κ3) is 11.9. The Hall–Kier alpha value is -14.3. The van der Waals surface area contributed by atoms with E-state index in [1.165, 1.54) is 5.56 Å². The van der Waals surface area contributed by atoms with E-state index in [0.29, 0.717) is 11.6 Å². The van der Waals surface area contributed by atoms with Gasteiger partial charge in [0.15, 0.2) is 11.6 Å². The van der Waals surface area contributed by atoms with Gasteiger partial charge in [0.2, 0.25) is 0 Å². The number of pyridine rings is 2. The molecule has 496 valence electrons.